The van der Waals surface area contributed by atoms with Crippen LogP contribution in [0.25, 0.3) is 0 Å². The van der Waals surface area contributed by atoms with E-state index in [4.69, 9.17) is 0 Å². The van der Waals surface area contributed by atoms with E-state index in [-0.39, 0.29) is 30.5 Å². The Morgan fingerprint density at radius 2 is 1.64 bits per heavy atom. The maximum Gasteiger partial charge on any atom is 0.244 e. The normalized spacial score (nSPS) is 12.8. The fourth-order valence-corrected chi connectivity index (χ4v) is 5.04. The molecule has 0 unspecified atom stereocenters. The molecule has 9 heteroatoms. The summed E-state index contributed by atoms with van der Waals surface area (Å²) in [5.41, 5.74) is 2.19. The molecule has 1 N–H and O–H groups in total. The van der Waals surface area contributed by atoms with Crippen LogP contribution in [-0.4, -0.2) is 50.0 Å². The summed E-state index contributed by atoms with van der Waals surface area (Å²) in [5, 5.41) is 2.95. The molecule has 0 fully saturated rings. The van der Waals surface area contributed by atoms with E-state index in [0.29, 0.717) is 12.1 Å². The second-order valence-electron chi connectivity index (χ2n) is 9.75. The van der Waals surface area contributed by atoms with Crippen LogP contribution in [0.2, 0.25) is 0 Å². The molecule has 3 rings (SSSR count). The quantitative estimate of drug-likeness (QED) is 0.359. The number of aryl methyl sites for hydroxylation is 1. The van der Waals surface area contributed by atoms with Gasteiger partial charge in [-0.2, -0.15) is 0 Å². The standard InChI is InChI=1S/C30H36FN3O4S/c1-5-23(3)32-30(36)28(19-24-13-7-6-8-14-24)33(20-25-15-9-10-17-27(25)31)29(35)21-34(39(4,37)38)26-16-11-12-22(2)18-26/h6-18,23,28H,5,19-21H2,1-4H3,(H,32,36)/t23-,28-/m1/s1. The van der Waals surface area contributed by atoms with Crippen molar-refractivity contribution in [1.82, 2.24) is 10.2 Å². The molecule has 0 aliphatic heterocycles. The van der Waals surface area contributed by atoms with Gasteiger partial charge in [0.2, 0.25) is 21.8 Å². The van der Waals surface area contributed by atoms with Crippen molar-refractivity contribution in [2.24, 2.45) is 0 Å². The van der Waals surface area contributed by atoms with Gasteiger partial charge in [-0.05, 0) is 49.6 Å². The molecule has 0 bridgehead atoms. The molecule has 0 radical (unpaired) electrons. The first-order valence-corrected chi connectivity index (χ1v) is 14.8. The van der Waals surface area contributed by atoms with Crippen LogP contribution in [0.15, 0.2) is 78.9 Å². The van der Waals surface area contributed by atoms with E-state index in [9.17, 15) is 22.4 Å². The van der Waals surface area contributed by atoms with Crippen LogP contribution in [0, 0.1) is 12.7 Å². The number of sulfonamides is 1. The summed E-state index contributed by atoms with van der Waals surface area (Å²) < 4.78 is 41.4. The van der Waals surface area contributed by atoms with Gasteiger partial charge in [0.25, 0.3) is 0 Å². The third kappa shape index (κ3) is 8.38. The molecule has 208 valence electrons. The zero-order valence-electron chi connectivity index (χ0n) is 22.8. The lowest BCUT2D eigenvalue weighted by molar-refractivity contribution is -0.140. The minimum atomic E-state index is -3.86. The number of hydrogen-bond acceptors (Lipinski definition) is 4. The van der Waals surface area contributed by atoms with Gasteiger partial charge in [-0.15, -0.1) is 0 Å². The highest BCUT2D eigenvalue weighted by molar-refractivity contribution is 7.92. The first-order valence-electron chi connectivity index (χ1n) is 12.9. The van der Waals surface area contributed by atoms with Crippen molar-refractivity contribution >= 4 is 27.5 Å². The number of rotatable bonds is 12. The average molecular weight is 554 g/mol. The Balaban J connectivity index is 2.07. The Kier molecular flexibility index (Phi) is 10.2. The summed E-state index contributed by atoms with van der Waals surface area (Å²) in [6, 6.07) is 20.9. The van der Waals surface area contributed by atoms with E-state index in [1.807, 2.05) is 57.2 Å². The summed E-state index contributed by atoms with van der Waals surface area (Å²) in [5.74, 6) is -1.53. The van der Waals surface area contributed by atoms with Crippen LogP contribution in [0.3, 0.4) is 0 Å². The Labute approximate surface area is 230 Å². The first kappa shape index (κ1) is 29.8. The van der Waals surface area contributed by atoms with Crippen molar-refractivity contribution in [1.29, 1.82) is 0 Å². The smallest absolute Gasteiger partial charge is 0.244 e. The van der Waals surface area contributed by atoms with Crippen molar-refractivity contribution in [3.05, 3.63) is 101 Å². The van der Waals surface area contributed by atoms with Gasteiger partial charge in [-0.25, -0.2) is 12.8 Å². The van der Waals surface area contributed by atoms with Gasteiger partial charge in [0.15, 0.2) is 0 Å². The van der Waals surface area contributed by atoms with Crippen LogP contribution >= 0.6 is 0 Å². The monoisotopic (exact) mass is 553 g/mol. The Morgan fingerprint density at radius 3 is 2.26 bits per heavy atom. The Bertz CT molecular complexity index is 1380. The highest BCUT2D eigenvalue weighted by atomic mass is 32.2. The molecule has 0 heterocycles. The zero-order valence-corrected chi connectivity index (χ0v) is 23.6. The molecule has 0 aliphatic carbocycles. The highest BCUT2D eigenvalue weighted by Crippen LogP contribution is 2.22. The van der Waals surface area contributed by atoms with Crippen molar-refractivity contribution < 1.29 is 22.4 Å². The molecule has 0 saturated carbocycles. The Hall–Kier alpha value is -3.72. The highest BCUT2D eigenvalue weighted by Gasteiger charge is 2.33. The average Bonchev–Trinajstić information content (AvgIpc) is 2.89. The second-order valence-corrected chi connectivity index (χ2v) is 11.7. The van der Waals surface area contributed by atoms with Crippen molar-refractivity contribution in [2.45, 2.75) is 52.2 Å². The van der Waals surface area contributed by atoms with Crippen LogP contribution in [0.5, 0.6) is 0 Å². The Morgan fingerprint density at radius 1 is 0.974 bits per heavy atom. The summed E-state index contributed by atoms with van der Waals surface area (Å²) >= 11 is 0. The molecule has 0 saturated heterocycles. The number of nitrogens with zero attached hydrogens (tertiary/aromatic N) is 2. The van der Waals surface area contributed by atoms with Gasteiger partial charge >= 0.3 is 0 Å². The maximum atomic E-state index is 14.8. The van der Waals surface area contributed by atoms with Crippen LogP contribution in [0.4, 0.5) is 10.1 Å². The van der Waals surface area contributed by atoms with E-state index >= 15 is 0 Å². The third-order valence-corrected chi connectivity index (χ3v) is 7.68. The number of carbonyl (C=O) groups excluding carboxylic acids is 2. The predicted molar refractivity (Wildman–Crippen MR) is 152 cm³/mol. The van der Waals surface area contributed by atoms with Gasteiger partial charge < -0.3 is 10.2 Å². The number of carbonyl (C=O) groups is 2. The summed E-state index contributed by atoms with van der Waals surface area (Å²) in [6.45, 7) is 4.88. The summed E-state index contributed by atoms with van der Waals surface area (Å²) in [6.07, 6.45) is 1.88. The zero-order chi connectivity index (χ0) is 28.6. The number of hydrogen-bond donors (Lipinski definition) is 1. The lowest BCUT2D eigenvalue weighted by atomic mass is 10.0. The molecule has 7 nitrogen and oxygen atoms in total. The first-order chi connectivity index (χ1) is 18.5. The van der Waals surface area contributed by atoms with E-state index < -0.39 is 34.3 Å². The summed E-state index contributed by atoms with van der Waals surface area (Å²) in [7, 11) is -3.86. The van der Waals surface area contributed by atoms with Gasteiger partial charge in [-0.3, -0.25) is 13.9 Å². The number of halogens is 1. The third-order valence-electron chi connectivity index (χ3n) is 6.54. The van der Waals surface area contributed by atoms with E-state index in [1.54, 1.807) is 36.4 Å². The van der Waals surface area contributed by atoms with E-state index in [1.165, 1.54) is 11.0 Å². The maximum absolute atomic E-state index is 14.8. The topological polar surface area (TPSA) is 86.8 Å². The second kappa shape index (κ2) is 13.4. The lowest BCUT2D eigenvalue weighted by Gasteiger charge is -2.34. The lowest BCUT2D eigenvalue weighted by Crippen LogP contribution is -2.54. The molecule has 0 aromatic heterocycles. The molecular formula is C30H36FN3O4S. The van der Waals surface area contributed by atoms with E-state index in [0.717, 1.165) is 21.7 Å². The number of benzene rings is 3. The SMILES string of the molecule is CC[C@@H](C)NC(=O)[C@@H](Cc1ccccc1)N(Cc1ccccc1F)C(=O)CN(c1cccc(C)c1)S(C)(=O)=O. The minimum absolute atomic E-state index is 0.152. The minimum Gasteiger partial charge on any atom is -0.352 e. The molecule has 3 aromatic rings. The fourth-order valence-electron chi connectivity index (χ4n) is 4.20. The molecule has 3 aromatic carbocycles. The number of nitrogens with one attached hydrogen (secondary N) is 1. The molecular weight excluding hydrogens is 517 g/mol. The van der Waals surface area contributed by atoms with Crippen molar-refractivity contribution in [3.63, 3.8) is 0 Å². The molecule has 0 spiro atoms. The largest absolute Gasteiger partial charge is 0.352 e. The molecule has 2 amide bonds. The van der Waals surface area contributed by atoms with Crippen LogP contribution < -0.4 is 9.62 Å². The molecule has 2 atom stereocenters. The fraction of sp³-hybridized carbons (Fsp3) is 0.333. The van der Waals surface area contributed by atoms with Gasteiger partial charge in [0.1, 0.15) is 18.4 Å². The van der Waals surface area contributed by atoms with Crippen molar-refractivity contribution in [2.75, 3.05) is 17.1 Å². The van der Waals surface area contributed by atoms with Crippen LogP contribution in [0.1, 0.15) is 37.0 Å². The molecule has 39 heavy (non-hydrogen) atoms. The molecule has 0 aliphatic rings. The van der Waals surface area contributed by atoms with E-state index in [2.05, 4.69) is 5.32 Å². The number of amides is 2. The van der Waals surface area contributed by atoms with Gasteiger partial charge in [0, 0.05) is 24.6 Å². The van der Waals surface area contributed by atoms with Gasteiger partial charge in [-0.1, -0.05) is 67.6 Å². The van der Waals surface area contributed by atoms with Crippen molar-refractivity contribution in [3.8, 4) is 0 Å². The summed E-state index contributed by atoms with van der Waals surface area (Å²) in [4.78, 5) is 28.9. The predicted octanol–water partition coefficient (Wildman–Crippen LogP) is 4.45. The van der Waals surface area contributed by atoms with Gasteiger partial charge in [0.05, 0.1) is 11.9 Å². The number of anilines is 1. The van der Waals surface area contributed by atoms with Crippen LogP contribution in [-0.2, 0) is 32.6 Å².